The zero-order valence-electron chi connectivity index (χ0n) is 12.6. The van der Waals surface area contributed by atoms with E-state index in [0.717, 1.165) is 37.3 Å². The van der Waals surface area contributed by atoms with Crippen molar-refractivity contribution in [3.05, 3.63) is 29.8 Å². The minimum absolute atomic E-state index is 0.149. The Morgan fingerprint density at radius 3 is 2.50 bits per heavy atom. The first-order valence-electron chi connectivity index (χ1n) is 7.37. The van der Waals surface area contributed by atoms with E-state index >= 15 is 0 Å². The Hall–Kier alpha value is -1.10. The Morgan fingerprint density at radius 1 is 1.20 bits per heavy atom. The first-order valence-corrected chi connectivity index (χ1v) is 7.37. The van der Waals surface area contributed by atoms with Crippen LogP contribution < -0.4 is 4.74 Å². The Bertz CT molecular complexity index is 353. The summed E-state index contributed by atoms with van der Waals surface area (Å²) < 4.78 is 5.59. The SMILES string of the molecule is CCCCOc1ccc(C(O)CCN(C)CCO)cc1. The van der Waals surface area contributed by atoms with E-state index in [9.17, 15) is 5.11 Å². The normalized spacial score (nSPS) is 12.7. The Labute approximate surface area is 122 Å². The fourth-order valence-corrected chi connectivity index (χ4v) is 1.91. The van der Waals surface area contributed by atoms with Gasteiger partial charge in [0.05, 0.1) is 19.3 Å². The van der Waals surface area contributed by atoms with Crippen LogP contribution in [0.15, 0.2) is 24.3 Å². The van der Waals surface area contributed by atoms with Gasteiger partial charge in [-0.05, 0) is 37.6 Å². The van der Waals surface area contributed by atoms with E-state index in [1.165, 1.54) is 0 Å². The largest absolute Gasteiger partial charge is 0.494 e. The van der Waals surface area contributed by atoms with E-state index in [-0.39, 0.29) is 6.61 Å². The molecule has 114 valence electrons. The highest BCUT2D eigenvalue weighted by Gasteiger charge is 2.09. The van der Waals surface area contributed by atoms with Crippen LogP contribution in [0.1, 0.15) is 37.9 Å². The molecule has 0 fully saturated rings. The minimum Gasteiger partial charge on any atom is -0.494 e. The lowest BCUT2D eigenvalue weighted by Crippen LogP contribution is -2.24. The summed E-state index contributed by atoms with van der Waals surface area (Å²) in [6.45, 7) is 4.42. The van der Waals surface area contributed by atoms with Gasteiger partial charge < -0.3 is 19.8 Å². The average molecular weight is 281 g/mol. The molecule has 1 atom stereocenters. The van der Waals surface area contributed by atoms with E-state index in [1.54, 1.807) is 0 Å². The molecule has 4 heteroatoms. The number of likely N-dealkylation sites (N-methyl/N-ethyl adjacent to an activating group) is 1. The van der Waals surface area contributed by atoms with Crippen molar-refractivity contribution in [1.29, 1.82) is 0 Å². The van der Waals surface area contributed by atoms with Crippen LogP contribution in [0, 0.1) is 0 Å². The van der Waals surface area contributed by atoms with E-state index < -0.39 is 6.10 Å². The molecule has 1 unspecified atom stereocenters. The molecular formula is C16H27NO3. The van der Waals surface area contributed by atoms with Crippen molar-refractivity contribution in [3.63, 3.8) is 0 Å². The van der Waals surface area contributed by atoms with Gasteiger partial charge in [-0.1, -0.05) is 25.5 Å². The maximum Gasteiger partial charge on any atom is 0.119 e. The quantitative estimate of drug-likeness (QED) is 0.646. The average Bonchev–Trinajstić information content (AvgIpc) is 2.46. The Kier molecular flexibility index (Phi) is 8.26. The lowest BCUT2D eigenvalue weighted by molar-refractivity contribution is 0.141. The third kappa shape index (κ3) is 6.37. The van der Waals surface area contributed by atoms with Gasteiger partial charge in [-0.2, -0.15) is 0 Å². The van der Waals surface area contributed by atoms with Crippen LogP contribution in [-0.2, 0) is 0 Å². The zero-order valence-corrected chi connectivity index (χ0v) is 12.6. The zero-order chi connectivity index (χ0) is 14.8. The van der Waals surface area contributed by atoms with Crippen molar-refractivity contribution in [2.24, 2.45) is 0 Å². The Morgan fingerprint density at radius 2 is 1.90 bits per heavy atom. The molecule has 0 radical (unpaired) electrons. The number of aliphatic hydroxyl groups excluding tert-OH is 2. The second-order valence-corrected chi connectivity index (χ2v) is 5.10. The van der Waals surface area contributed by atoms with Crippen LogP contribution in [0.25, 0.3) is 0 Å². The van der Waals surface area contributed by atoms with E-state index in [0.29, 0.717) is 13.0 Å². The number of hydrogen-bond acceptors (Lipinski definition) is 4. The van der Waals surface area contributed by atoms with Gasteiger partial charge in [-0.3, -0.25) is 0 Å². The smallest absolute Gasteiger partial charge is 0.119 e. The van der Waals surface area contributed by atoms with Crippen molar-refractivity contribution in [3.8, 4) is 5.75 Å². The molecule has 20 heavy (non-hydrogen) atoms. The van der Waals surface area contributed by atoms with Gasteiger partial charge in [-0.15, -0.1) is 0 Å². The highest BCUT2D eigenvalue weighted by atomic mass is 16.5. The van der Waals surface area contributed by atoms with Gasteiger partial charge in [0, 0.05) is 13.1 Å². The van der Waals surface area contributed by atoms with Crippen LogP contribution >= 0.6 is 0 Å². The molecule has 0 aliphatic heterocycles. The molecule has 0 amide bonds. The van der Waals surface area contributed by atoms with Crippen LogP contribution in [0.3, 0.4) is 0 Å². The molecular weight excluding hydrogens is 254 g/mol. The highest BCUT2D eigenvalue weighted by molar-refractivity contribution is 5.28. The molecule has 1 aromatic carbocycles. The molecule has 0 aliphatic rings. The first kappa shape index (κ1) is 17.0. The van der Waals surface area contributed by atoms with E-state index in [4.69, 9.17) is 9.84 Å². The summed E-state index contributed by atoms with van der Waals surface area (Å²) in [5.41, 5.74) is 0.908. The summed E-state index contributed by atoms with van der Waals surface area (Å²) in [5, 5.41) is 18.9. The molecule has 0 bridgehead atoms. The molecule has 0 spiro atoms. The summed E-state index contributed by atoms with van der Waals surface area (Å²) in [4.78, 5) is 2.01. The van der Waals surface area contributed by atoms with Gasteiger partial charge in [0.15, 0.2) is 0 Å². The van der Waals surface area contributed by atoms with E-state index in [1.807, 2.05) is 36.2 Å². The summed E-state index contributed by atoms with van der Waals surface area (Å²) in [6.07, 6.45) is 2.37. The minimum atomic E-state index is -0.471. The molecule has 0 aromatic heterocycles. The van der Waals surface area contributed by atoms with Crippen molar-refractivity contribution in [2.75, 3.05) is 33.4 Å². The van der Waals surface area contributed by atoms with Crippen molar-refractivity contribution in [1.82, 2.24) is 4.90 Å². The van der Waals surface area contributed by atoms with Gasteiger partial charge in [0.25, 0.3) is 0 Å². The van der Waals surface area contributed by atoms with Gasteiger partial charge in [-0.25, -0.2) is 0 Å². The fraction of sp³-hybridized carbons (Fsp3) is 0.625. The number of hydrogen-bond donors (Lipinski definition) is 2. The maximum atomic E-state index is 10.1. The summed E-state index contributed by atoms with van der Waals surface area (Å²) >= 11 is 0. The molecule has 0 saturated carbocycles. The standard InChI is InChI=1S/C16H27NO3/c1-3-4-13-20-15-7-5-14(6-8-15)16(19)9-10-17(2)11-12-18/h5-8,16,18-19H,3-4,9-13H2,1-2H3. The number of nitrogens with zero attached hydrogens (tertiary/aromatic N) is 1. The fourth-order valence-electron chi connectivity index (χ4n) is 1.91. The van der Waals surface area contributed by atoms with Crippen LogP contribution in [0.2, 0.25) is 0 Å². The molecule has 0 heterocycles. The third-order valence-electron chi connectivity index (χ3n) is 3.30. The molecule has 4 nitrogen and oxygen atoms in total. The molecule has 0 aliphatic carbocycles. The first-order chi connectivity index (χ1) is 9.67. The second-order valence-electron chi connectivity index (χ2n) is 5.10. The monoisotopic (exact) mass is 281 g/mol. The predicted molar refractivity (Wildman–Crippen MR) is 81.0 cm³/mol. The predicted octanol–water partition coefficient (Wildman–Crippen LogP) is 2.21. The summed E-state index contributed by atoms with van der Waals surface area (Å²) in [6, 6.07) is 7.65. The van der Waals surface area contributed by atoms with Crippen molar-refractivity contribution in [2.45, 2.75) is 32.3 Å². The molecule has 1 aromatic rings. The lowest BCUT2D eigenvalue weighted by atomic mass is 10.1. The number of unbranched alkanes of at least 4 members (excludes halogenated alkanes) is 1. The molecule has 1 rings (SSSR count). The molecule has 0 saturated heterocycles. The van der Waals surface area contributed by atoms with Crippen molar-refractivity contribution < 1.29 is 14.9 Å². The number of benzene rings is 1. The third-order valence-corrected chi connectivity index (χ3v) is 3.30. The number of aliphatic hydroxyl groups is 2. The Balaban J connectivity index is 2.38. The highest BCUT2D eigenvalue weighted by Crippen LogP contribution is 2.20. The van der Waals surface area contributed by atoms with Gasteiger partial charge in [0.1, 0.15) is 5.75 Å². The number of ether oxygens (including phenoxy) is 1. The number of rotatable bonds is 10. The molecule has 2 N–H and O–H groups in total. The van der Waals surface area contributed by atoms with E-state index in [2.05, 4.69) is 6.92 Å². The van der Waals surface area contributed by atoms with Gasteiger partial charge in [0.2, 0.25) is 0 Å². The van der Waals surface area contributed by atoms with Crippen LogP contribution in [-0.4, -0.2) is 48.5 Å². The second kappa shape index (κ2) is 9.75. The van der Waals surface area contributed by atoms with Crippen LogP contribution in [0.4, 0.5) is 0 Å². The topological polar surface area (TPSA) is 52.9 Å². The van der Waals surface area contributed by atoms with Crippen molar-refractivity contribution >= 4 is 0 Å². The lowest BCUT2D eigenvalue weighted by Gasteiger charge is -2.18. The summed E-state index contributed by atoms with van der Waals surface area (Å²) in [5.74, 6) is 0.854. The van der Waals surface area contributed by atoms with Gasteiger partial charge >= 0.3 is 0 Å². The summed E-state index contributed by atoms with van der Waals surface area (Å²) in [7, 11) is 1.94. The van der Waals surface area contributed by atoms with Crippen LogP contribution in [0.5, 0.6) is 5.75 Å². The maximum absolute atomic E-state index is 10.1.